The molecule has 45 heavy (non-hydrogen) atoms. The van der Waals surface area contributed by atoms with Crippen molar-refractivity contribution in [3.05, 3.63) is 11.6 Å². The molecule has 9 atom stereocenters. The monoisotopic (exact) mass is 638 g/mol. The summed E-state index contributed by atoms with van der Waals surface area (Å²) in [5.74, 6) is -0.145. The summed E-state index contributed by atoms with van der Waals surface area (Å²) < 4.78 is 17.4. The molecule has 3 aliphatic heterocycles. The lowest BCUT2D eigenvalue weighted by atomic mass is 9.98. The van der Waals surface area contributed by atoms with E-state index in [9.17, 15) is 25.2 Å². The van der Waals surface area contributed by atoms with Crippen molar-refractivity contribution in [2.24, 2.45) is 0 Å². The first-order valence-electron chi connectivity index (χ1n) is 18.7. The van der Waals surface area contributed by atoms with E-state index in [1.54, 1.807) is 0 Å². The minimum Gasteiger partial charge on any atom is -0.455 e. The van der Waals surface area contributed by atoms with Crippen LogP contribution in [-0.4, -0.2) is 81.3 Å². The molecule has 3 aliphatic rings. The van der Waals surface area contributed by atoms with Crippen molar-refractivity contribution in [3.8, 4) is 0 Å². The number of hydrogen-bond donors (Lipinski definition) is 4. The van der Waals surface area contributed by atoms with Gasteiger partial charge in [-0.1, -0.05) is 71.1 Å². The summed E-state index contributed by atoms with van der Waals surface area (Å²) in [4.78, 5) is 11.7. The Kier molecular flexibility index (Phi) is 18.6. The Balaban J connectivity index is 1.17. The van der Waals surface area contributed by atoms with Gasteiger partial charge in [-0.05, 0) is 96.5 Å². The Morgan fingerprint density at radius 2 is 1.22 bits per heavy atom. The van der Waals surface area contributed by atoms with Gasteiger partial charge in [-0.2, -0.15) is 0 Å². The number of aliphatic hydroxyl groups excluding tert-OH is 4. The van der Waals surface area contributed by atoms with E-state index in [4.69, 9.17) is 14.2 Å². The first-order valence-corrected chi connectivity index (χ1v) is 18.7. The lowest BCUT2D eigenvalue weighted by molar-refractivity contribution is -0.139. The topological polar surface area (TPSA) is 126 Å². The fourth-order valence-electron chi connectivity index (χ4n) is 7.28. The number of rotatable bonds is 25. The maximum atomic E-state index is 11.7. The van der Waals surface area contributed by atoms with Crippen LogP contribution in [0.3, 0.4) is 0 Å². The highest BCUT2D eigenvalue weighted by Crippen LogP contribution is 2.31. The molecule has 4 N–H and O–H groups in total. The SMILES string of the molecule is CCCCCCC[C@@H](O)CCC[C@@H](O)C1CCC([C@H](O)CC[C@@H](O)C2CCC(CCCCCCCCC3=C[C@H](C)OC3=O)O2)O1. The Labute approximate surface area is 273 Å². The number of hydrogen-bond acceptors (Lipinski definition) is 8. The summed E-state index contributed by atoms with van der Waals surface area (Å²) in [7, 11) is 0. The van der Waals surface area contributed by atoms with E-state index in [2.05, 4.69) is 6.92 Å². The van der Waals surface area contributed by atoms with Crippen LogP contribution in [0, 0.1) is 0 Å². The number of carbonyl (C=O) groups is 1. The summed E-state index contributed by atoms with van der Waals surface area (Å²) >= 11 is 0. The van der Waals surface area contributed by atoms with Crippen molar-refractivity contribution in [3.63, 3.8) is 0 Å². The standard InChI is InChI=1S/C37H66O8/c1-3-4-5-8-12-16-29(38)17-14-19-31(39)35-24-25-36(45-35)33(41)22-21-32(40)34-23-20-30(44-34)18-13-10-7-6-9-11-15-28-26-27(2)43-37(28)42/h26-27,29-36,38-41H,3-25H2,1-2H3/t27-,29+,30?,31+,32+,33+,34?,35?,36?/m0/s1. The van der Waals surface area contributed by atoms with E-state index in [0.717, 1.165) is 76.2 Å². The third-order valence-corrected chi connectivity index (χ3v) is 10.2. The van der Waals surface area contributed by atoms with Gasteiger partial charge in [0.15, 0.2) is 0 Å². The molecular formula is C37H66O8. The van der Waals surface area contributed by atoms with Crippen LogP contribution in [0.2, 0.25) is 0 Å². The first kappa shape index (κ1) is 38.4. The maximum Gasteiger partial charge on any atom is 0.334 e. The Morgan fingerprint density at radius 1 is 0.667 bits per heavy atom. The number of aliphatic hydroxyl groups is 4. The normalized spacial score (nSPS) is 27.8. The third-order valence-electron chi connectivity index (χ3n) is 10.2. The quantitative estimate of drug-likeness (QED) is 0.0634. The van der Waals surface area contributed by atoms with Gasteiger partial charge in [0.1, 0.15) is 6.10 Å². The van der Waals surface area contributed by atoms with Crippen molar-refractivity contribution < 1.29 is 39.4 Å². The molecular weight excluding hydrogens is 572 g/mol. The van der Waals surface area contributed by atoms with E-state index in [-0.39, 0.29) is 42.6 Å². The second-order valence-corrected chi connectivity index (χ2v) is 14.2. The second-order valence-electron chi connectivity index (χ2n) is 14.2. The van der Waals surface area contributed by atoms with E-state index in [1.807, 2.05) is 13.0 Å². The molecule has 0 aliphatic carbocycles. The van der Waals surface area contributed by atoms with Crippen molar-refractivity contribution in [1.29, 1.82) is 0 Å². The van der Waals surface area contributed by atoms with Crippen LogP contribution < -0.4 is 0 Å². The number of cyclic esters (lactones) is 1. The first-order chi connectivity index (χ1) is 21.8. The van der Waals surface area contributed by atoms with Crippen LogP contribution in [0.1, 0.15) is 162 Å². The molecule has 262 valence electrons. The van der Waals surface area contributed by atoms with Crippen LogP contribution in [0.15, 0.2) is 11.6 Å². The minimum absolute atomic E-state index is 0.0738. The van der Waals surface area contributed by atoms with Crippen LogP contribution in [0.4, 0.5) is 0 Å². The van der Waals surface area contributed by atoms with Gasteiger partial charge in [-0.3, -0.25) is 0 Å². The lowest BCUT2D eigenvalue weighted by Gasteiger charge is -2.24. The predicted octanol–water partition coefficient (Wildman–Crippen LogP) is 6.83. The summed E-state index contributed by atoms with van der Waals surface area (Å²) in [6.07, 6.45) is 21.1. The molecule has 2 saturated heterocycles. The molecule has 2 fully saturated rings. The zero-order valence-electron chi connectivity index (χ0n) is 28.5. The molecule has 8 heteroatoms. The lowest BCUT2D eigenvalue weighted by Crippen LogP contribution is -2.33. The molecule has 0 radical (unpaired) electrons. The summed E-state index contributed by atoms with van der Waals surface area (Å²) in [6.45, 7) is 4.10. The maximum absolute atomic E-state index is 11.7. The van der Waals surface area contributed by atoms with Crippen LogP contribution >= 0.6 is 0 Å². The predicted molar refractivity (Wildman–Crippen MR) is 177 cm³/mol. The van der Waals surface area contributed by atoms with E-state index in [1.165, 1.54) is 44.9 Å². The van der Waals surface area contributed by atoms with E-state index < -0.39 is 18.3 Å². The molecule has 0 bridgehead atoms. The molecule has 3 rings (SSSR count). The summed E-state index contributed by atoms with van der Waals surface area (Å²) in [5.41, 5.74) is 0.838. The van der Waals surface area contributed by atoms with Crippen molar-refractivity contribution >= 4 is 5.97 Å². The number of esters is 1. The van der Waals surface area contributed by atoms with Crippen molar-refractivity contribution in [2.75, 3.05) is 0 Å². The van der Waals surface area contributed by atoms with Gasteiger partial charge in [0, 0.05) is 5.57 Å². The fraction of sp³-hybridized carbons (Fsp3) is 0.919. The molecule has 0 amide bonds. The van der Waals surface area contributed by atoms with Gasteiger partial charge in [0.25, 0.3) is 0 Å². The second kappa shape index (κ2) is 21.8. The molecule has 0 aromatic heterocycles. The molecule has 0 spiro atoms. The van der Waals surface area contributed by atoms with Crippen LogP contribution in [0.5, 0.6) is 0 Å². The van der Waals surface area contributed by atoms with Gasteiger partial charge >= 0.3 is 5.97 Å². The van der Waals surface area contributed by atoms with Crippen molar-refractivity contribution in [1.82, 2.24) is 0 Å². The van der Waals surface area contributed by atoms with Crippen molar-refractivity contribution in [2.45, 2.75) is 216 Å². The molecule has 8 nitrogen and oxygen atoms in total. The van der Waals surface area contributed by atoms with Gasteiger partial charge in [-0.15, -0.1) is 0 Å². The summed E-state index contributed by atoms with van der Waals surface area (Å²) in [6, 6.07) is 0. The Hall–Kier alpha value is -1.03. The highest BCUT2D eigenvalue weighted by atomic mass is 16.5. The highest BCUT2D eigenvalue weighted by Gasteiger charge is 2.36. The molecule has 0 aromatic rings. The largest absolute Gasteiger partial charge is 0.455 e. The zero-order valence-corrected chi connectivity index (χ0v) is 28.5. The van der Waals surface area contributed by atoms with Crippen LogP contribution in [-0.2, 0) is 19.0 Å². The van der Waals surface area contributed by atoms with Gasteiger partial charge in [-0.25, -0.2) is 4.79 Å². The smallest absolute Gasteiger partial charge is 0.334 e. The van der Waals surface area contributed by atoms with Gasteiger partial charge < -0.3 is 34.6 Å². The highest BCUT2D eigenvalue weighted by molar-refractivity contribution is 5.90. The zero-order chi connectivity index (χ0) is 32.4. The fourth-order valence-corrected chi connectivity index (χ4v) is 7.28. The molecule has 0 saturated carbocycles. The van der Waals surface area contributed by atoms with Gasteiger partial charge in [0.05, 0.1) is 48.8 Å². The van der Waals surface area contributed by atoms with Crippen LogP contribution in [0.25, 0.3) is 0 Å². The third kappa shape index (κ3) is 14.7. The minimum atomic E-state index is -0.657. The Morgan fingerprint density at radius 3 is 1.89 bits per heavy atom. The van der Waals surface area contributed by atoms with E-state index in [0.29, 0.717) is 32.1 Å². The Bertz CT molecular complexity index is 833. The van der Waals surface area contributed by atoms with E-state index >= 15 is 0 Å². The molecule has 3 heterocycles. The number of carbonyl (C=O) groups excluding carboxylic acids is 1. The number of ether oxygens (including phenoxy) is 3. The number of unbranched alkanes of at least 4 members (excludes halogenated alkanes) is 9. The molecule has 4 unspecified atom stereocenters. The van der Waals surface area contributed by atoms with Gasteiger partial charge in [0.2, 0.25) is 0 Å². The summed E-state index contributed by atoms with van der Waals surface area (Å²) in [5, 5.41) is 42.4. The average molecular weight is 639 g/mol. The average Bonchev–Trinajstić information content (AvgIpc) is 3.77. The molecule has 0 aromatic carbocycles.